The Hall–Kier alpha value is -2.69. The van der Waals surface area contributed by atoms with Gasteiger partial charge in [-0.25, -0.2) is 4.79 Å². The van der Waals surface area contributed by atoms with Crippen molar-refractivity contribution in [3.63, 3.8) is 0 Å². The van der Waals surface area contributed by atoms with Crippen LogP contribution in [0.1, 0.15) is 15.9 Å². The summed E-state index contributed by atoms with van der Waals surface area (Å²) in [5.74, 6) is -2.26. The first kappa shape index (κ1) is 12.8. The SMILES string of the molecule is O=C(O)c1c(O)cc(OCc2ccccc2)cc1O. The van der Waals surface area contributed by atoms with E-state index < -0.39 is 23.0 Å². The zero-order chi connectivity index (χ0) is 13.8. The summed E-state index contributed by atoms with van der Waals surface area (Å²) in [5.41, 5.74) is 0.385. The number of carboxylic acids is 1. The van der Waals surface area contributed by atoms with E-state index in [0.29, 0.717) is 0 Å². The highest BCUT2D eigenvalue weighted by atomic mass is 16.5. The molecular weight excluding hydrogens is 248 g/mol. The van der Waals surface area contributed by atoms with Gasteiger partial charge in [0.15, 0.2) is 0 Å². The van der Waals surface area contributed by atoms with Crippen molar-refractivity contribution >= 4 is 5.97 Å². The van der Waals surface area contributed by atoms with Crippen molar-refractivity contribution in [1.82, 2.24) is 0 Å². The van der Waals surface area contributed by atoms with E-state index >= 15 is 0 Å². The topological polar surface area (TPSA) is 87.0 Å². The normalized spacial score (nSPS) is 10.1. The zero-order valence-corrected chi connectivity index (χ0v) is 9.91. The number of aromatic hydroxyl groups is 2. The Bertz CT molecular complexity index is 569. The van der Waals surface area contributed by atoms with Gasteiger partial charge in [-0.3, -0.25) is 0 Å². The molecule has 19 heavy (non-hydrogen) atoms. The van der Waals surface area contributed by atoms with Gasteiger partial charge in [-0.05, 0) is 5.56 Å². The minimum atomic E-state index is -1.40. The lowest BCUT2D eigenvalue weighted by molar-refractivity contribution is 0.0690. The van der Waals surface area contributed by atoms with E-state index in [1.807, 2.05) is 30.3 Å². The molecule has 2 aromatic carbocycles. The van der Waals surface area contributed by atoms with Crippen molar-refractivity contribution in [3.8, 4) is 17.2 Å². The molecule has 0 spiro atoms. The Labute approximate surface area is 109 Å². The fourth-order valence-corrected chi connectivity index (χ4v) is 1.63. The van der Waals surface area contributed by atoms with Crippen LogP contribution in [-0.4, -0.2) is 21.3 Å². The molecule has 0 aliphatic carbocycles. The molecule has 0 fully saturated rings. The summed E-state index contributed by atoms with van der Waals surface area (Å²) < 4.78 is 5.38. The number of carboxylic acid groups (broad SMARTS) is 1. The summed E-state index contributed by atoms with van der Waals surface area (Å²) in [5, 5.41) is 27.8. The first-order chi connectivity index (χ1) is 9.08. The molecule has 0 unspecified atom stereocenters. The van der Waals surface area contributed by atoms with Crippen LogP contribution in [0.3, 0.4) is 0 Å². The van der Waals surface area contributed by atoms with E-state index in [0.717, 1.165) is 17.7 Å². The van der Waals surface area contributed by atoms with Crippen LogP contribution in [0.5, 0.6) is 17.2 Å². The van der Waals surface area contributed by atoms with E-state index in [2.05, 4.69) is 0 Å². The molecular formula is C14H12O5. The average molecular weight is 260 g/mol. The van der Waals surface area contributed by atoms with Crippen LogP contribution >= 0.6 is 0 Å². The monoisotopic (exact) mass is 260 g/mol. The van der Waals surface area contributed by atoms with Crippen LogP contribution < -0.4 is 4.74 Å². The lowest BCUT2D eigenvalue weighted by atomic mass is 10.1. The smallest absolute Gasteiger partial charge is 0.343 e. The molecule has 98 valence electrons. The van der Waals surface area contributed by atoms with Gasteiger partial charge in [-0.2, -0.15) is 0 Å². The quantitative estimate of drug-likeness (QED) is 0.785. The van der Waals surface area contributed by atoms with E-state index in [4.69, 9.17) is 9.84 Å². The zero-order valence-electron chi connectivity index (χ0n) is 9.91. The number of hydrogen-bond acceptors (Lipinski definition) is 4. The highest BCUT2D eigenvalue weighted by Gasteiger charge is 2.17. The maximum absolute atomic E-state index is 10.8. The van der Waals surface area contributed by atoms with Gasteiger partial charge in [0.05, 0.1) is 0 Å². The van der Waals surface area contributed by atoms with E-state index in [9.17, 15) is 15.0 Å². The molecule has 0 amide bonds. The van der Waals surface area contributed by atoms with Crippen molar-refractivity contribution < 1.29 is 24.9 Å². The average Bonchev–Trinajstić information content (AvgIpc) is 2.36. The summed E-state index contributed by atoms with van der Waals surface area (Å²) in [6.07, 6.45) is 0. The molecule has 0 aromatic heterocycles. The first-order valence-electron chi connectivity index (χ1n) is 5.54. The second-order valence-electron chi connectivity index (χ2n) is 3.92. The summed E-state index contributed by atoms with van der Waals surface area (Å²) in [6.45, 7) is 0.256. The summed E-state index contributed by atoms with van der Waals surface area (Å²) in [6, 6.07) is 11.7. The molecule has 0 heterocycles. The third-order valence-electron chi connectivity index (χ3n) is 2.53. The van der Waals surface area contributed by atoms with Gasteiger partial charge < -0.3 is 20.1 Å². The van der Waals surface area contributed by atoms with Gasteiger partial charge in [0.25, 0.3) is 0 Å². The maximum atomic E-state index is 10.8. The standard InChI is InChI=1S/C14H12O5/c15-11-6-10(7-12(16)13(11)14(17)18)19-8-9-4-2-1-3-5-9/h1-7,15-16H,8H2,(H,17,18). The van der Waals surface area contributed by atoms with Crippen molar-refractivity contribution in [2.75, 3.05) is 0 Å². The Morgan fingerprint density at radius 3 is 2.16 bits per heavy atom. The third kappa shape index (κ3) is 2.95. The number of rotatable bonds is 4. The number of carbonyl (C=O) groups is 1. The summed E-state index contributed by atoms with van der Waals surface area (Å²) in [4.78, 5) is 10.8. The molecule has 0 radical (unpaired) electrons. The fourth-order valence-electron chi connectivity index (χ4n) is 1.63. The predicted molar refractivity (Wildman–Crippen MR) is 67.5 cm³/mol. The van der Waals surface area contributed by atoms with E-state index in [-0.39, 0.29) is 12.4 Å². The number of benzene rings is 2. The van der Waals surface area contributed by atoms with Crippen LogP contribution in [0.25, 0.3) is 0 Å². The van der Waals surface area contributed by atoms with Crippen molar-refractivity contribution in [2.45, 2.75) is 6.61 Å². The Morgan fingerprint density at radius 1 is 1.05 bits per heavy atom. The van der Waals surface area contributed by atoms with Crippen LogP contribution in [0, 0.1) is 0 Å². The molecule has 3 N–H and O–H groups in total. The largest absolute Gasteiger partial charge is 0.507 e. The van der Waals surface area contributed by atoms with Crippen molar-refractivity contribution in [2.24, 2.45) is 0 Å². The molecule has 0 aliphatic heterocycles. The first-order valence-corrected chi connectivity index (χ1v) is 5.54. The number of ether oxygens (including phenoxy) is 1. The van der Waals surface area contributed by atoms with Gasteiger partial charge in [0, 0.05) is 12.1 Å². The van der Waals surface area contributed by atoms with Crippen molar-refractivity contribution in [3.05, 3.63) is 53.6 Å². The molecule has 0 atom stereocenters. The molecule has 2 aromatic rings. The Morgan fingerprint density at radius 2 is 1.63 bits per heavy atom. The van der Waals surface area contributed by atoms with Gasteiger partial charge in [0.2, 0.25) is 0 Å². The summed E-state index contributed by atoms with van der Waals surface area (Å²) in [7, 11) is 0. The van der Waals surface area contributed by atoms with Gasteiger partial charge in [-0.1, -0.05) is 30.3 Å². The fraction of sp³-hybridized carbons (Fsp3) is 0.0714. The van der Waals surface area contributed by atoms with Gasteiger partial charge in [-0.15, -0.1) is 0 Å². The Balaban J connectivity index is 2.16. The van der Waals surface area contributed by atoms with E-state index in [1.54, 1.807) is 0 Å². The highest BCUT2D eigenvalue weighted by molar-refractivity contribution is 5.94. The van der Waals surface area contributed by atoms with Crippen molar-refractivity contribution in [1.29, 1.82) is 0 Å². The summed E-state index contributed by atoms with van der Waals surface area (Å²) >= 11 is 0. The van der Waals surface area contributed by atoms with Crippen LogP contribution in [0.2, 0.25) is 0 Å². The molecule has 5 nitrogen and oxygen atoms in total. The van der Waals surface area contributed by atoms with Crippen LogP contribution in [0.4, 0.5) is 0 Å². The second kappa shape index (κ2) is 5.30. The molecule has 0 aliphatic rings. The number of hydrogen-bond donors (Lipinski definition) is 3. The lowest BCUT2D eigenvalue weighted by Crippen LogP contribution is -1.99. The molecule has 5 heteroatoms. The maximum Gasteiger partial charge on any atom is 0.343 e. The minimum Gasteiger partial charge on any atom is -0.507 e. The second-order valence-corrected chi connectivity index (χ2v) is 3.92. The third-order valence-corrected chi connectivity index (χ3v) is 2.53. The molecule has 0 bridgehead atoms. The highest BCUT2D eigenvalue weighted by Crippen LogP contribution is 2.32. The predicted octanol–water partition coefficient (Wildman–Crippen LogP) is 2.38. The van der Waals surface area contributed by atoms with E-state index in [1.165, 1.54) is 0 Å². The van der Waals surface area contributed by atoms with Gasteiger partial charge in [0.1, 0.15) is 29.4 Å². The Kier molecular flexibility index (Phi) is 3.56. The molecule has 2 rings (SSSR count). The minimum absolute atomic E-state index is 0.198. The van der Waals surface area contributed by atoms with Gasteiger partial charge >= 0.3 is 5.97 Å². The lowest BCUT2D eigenvalue weighted by Gasteiger charge is -2.09. The number of aromatic carboxylic acids is 1. The van der Waals surface area contributed by atoms with Crippen LogP contribution in [-0.2, 0) is 6.61 Å². The van der Waals surface area contributed by atoms with Crippen LogP contribution in [0.15, 0.2) is 42.5 Å². The molecule has 0 saturated carbocycles. The number of phenols is 2. The molecule has 0 saturated heterocycles.